The molecule has 0 aliphatic carbocycles. The fraction of sp³-hybridized carbons (Fsp3) is 0.0714. The molecule has 0 spiro atoms. The molecular weight excluding hydrogens is 228 g/mol. The van der Waals surface area contributed by atoms with Gasteiger partial charge < -0.3 is 0 Å². The Balaban J connectivity index is 0.000000169. The number of imide groups is 1. The SMILES string of the molecule is Cc1cccc2c1C(=O)NC2=O.c1ccncc1. The van der Waals surface area contributed by atoms with Crippen LogP contribution in [0.5, 0.6) is 0 Å². The minimum atomic E-state index is -0.293. The Bertz CT molecular complexity index is 553. The second-order valence-electron chi connectivity index (χ2n) is 3.81. The van der Waals surface area contributed by atoms with Crippen LogP contribution in [-0.4, -0.2) is 16.8 Å². The number of carbonyl (C=O) groups is 2. The molecule has 0 saturated carbocycles. The van der Waals surface area contributed by atoms with Crippen LogP contribution in [0.4, 0.5) is 0 Å². The molecule has 3 rings (SSSR count). The maximum Gasteiger partial charge on any atom is 0.259 e. The fourth-order valence-corrected chi connectivity index (χ4v) is 1.70. The van der Waals surface area contributed by atoms with Gasteiger partial charge in [-0.2, -0.15) is 0 Å². The van der Waals surface area contributed by atoms with E-state index in [-0.39, 0.29) is 11.8 Å². The number of rotatable bonds is 0. The lowest BCUT2D eigenvalue weighted by molar-refractivity contribution is 0.0879. The molecule has 1 aliphatic heterocycles. The van der Waals surface area contributed by atoms with Gasteiger partial charge in [0.05, 0.1) is 11.1 Å². The zero-order valence-electron chi connectivity index (χ0n) is 9.88. The van der Waals surface area contributed by atoms with Gasteiger partial charge in [-0.25, -0.2) is 0 Å². The van der Waals surface area contributed by atoms with Crippen LogP contribution in [0.1, 0.15) is 26.3 Å². The summed E-state index contributed by atoms with van der Waals surface area (Å²) < 4.78 is 0. The molecule has 1 aromatic carbocycles. The maximum atomic E-state index is 11.2. The molecule has 4 heteroatoms. The van der Waals surface area contributed by atoms with Crippen molar-refractivity contribution in [2.24, 2.45) is 0 Å². The van der Waals surface area contributed by atoms with Crippen LogP contribution < -0.4 is 5.32 Å². The van der Waals surface area contributed by atoms with Crippen molar-refractivity contribution in [1.29, 1.82) is 0 Å². The number of nitrogens with one attached hydrogen (secondary N) is 1. The van der Waals surface area contributed by atoms with E-state index in [2.05, 4.69) is 10.3 Å². The molecule has 18 heavy (non-hydrogen) atoms. The summed E-state index contributed by atoms with van der Waals surface area (Å²) in [6.45, 7) is 1.82. The minimum absolute atomic E-state index is 0.284. The molecule has 0 bridgehead atoms. The van der Waals surface area contributed by atoms with Gasteiger partial charge >= 0.3 is 0 Å². The Labute approximate surface area is 105 Å². The molecular formula is C14H12N2O2. The predicted molar refractivity (Wildman–Crippen MR) is 67.2 cm³/mol. The van der Waals surface area contributed by atoms with Crippen molar-refractivity contribution in [3.63, 3.8) is 0 Å². The van der Waals surface area contributed by atoms with Gasteiger partial charge in [0.15, 0.2) is 0 Å². The number of benzene rings is 1. The predicted octanol–water partition coefficient (Wildman–Crippen LogP) is 1.96. The Morgan fingerprint density at radius 3 is 2.17 bits per heavy atom. The van der Waals surface area contributed by atoms with Crippen molar-refractivity contribution in [3.8, 4) is 0 Å². The summed E-state index contributed by atoms with van der Waals surface area (Å²) in [6.07, 6.45) is 3.50. The highest BCUT2D eigenvalue weighted by Gasteiger charge is 2.27. The highest BCUT2D eigenvalue weighted by Crippen LogP contribution is 2.18. The molecule has 1 aromatic heterocycles. The molecule has 2 heterocycles. The third kappa shape index (κ3) is 2.43. The van der Waals surface area contributed by atoms with Crippen LogP contribution in [0.25, 0.3) is 0 Å². The lowest BCUT2D eigenvalue weighted by Gasteiger charge is -1.96. The number of carbonyl (C=O) groups excluding carboxylic acids is 2. The van der Waals surface area contributed by atoms with Gasteiger partial charge in [0.25, 0.3) is 11.8 Å². The van der Waals surface area contributed by atoms with Crippen LogP contribution in [0.2, 0.25) is 0 Å². The standard InChI is InChI=1S/C9H7NO2.C5H5N/c1-5-3-2-4-6-7(5)9(12)10-8(6)11;1-2-4-6-5-3-1/h2-4H,1H3,(H,10,11,12);1-5H. The minimum Gasteiger partial charge on any atom is -0.288 e. The largest absolute Gasteiger partial charge is 0.288 e. The first-order chi connectivity index (χ1) is 8.70. The van der Waals surface area contributed by atoms with E-state index in [1.165, 1.54) is 0 Å². The topological polar surface area (TPSA) is 59.1 Å². The number of nitrogens with zero attached hydrogens (tertiary/aromatic N) is 1. The molecule has 2 aromatic rings. The summed E-state index contributed by atoms with van der Waals surface area (Å²) in [5, 5.41) is 2.25. The third-order valence-corrected chi connectivity index (χ3v) is 2.54. The Kier molecular flexibility index (Phi) is 3.48. The van der Waals surface area contributed by atoms with Crippen LogP contribution >= 0.6 is 0 Å². The van der Waals surface area contributed by atoms with Gasteiger partial charge in [0, 0.05) is 12.4 Å². The zero-order chi connectivity index (χ0) is 13.0. The lowest BCUT2D eigenvalue weighted by Crippen LogP contribution is -2.20. The molecule has 0 saturated heterocycles. The highest BCUT2D eigenvalue weighted by atomic mass is 16.2. The number of aromatic nitrogens is 1. The fourth-order valence-electron chi connectivity index (χ4n) is 1.70. The van der Waals surface area contributed by atoms with E-state index in [0.717, 1.165) is 5.56 Å². The molecule has 4 nitrogen and oxygen atoms in total. The molecule has 0 atom stereocenters. The number of hydrogen-bond donors (Lipinski definition) is 1. The van der Waals surface area contributed by atoms with Crippen molar-refractivity contribution in [2.75, 3.05) is 0 Å². The normalized spacial score (nSPS) is 12.3. The molecule has 90 valence electrons. The summed E-state index contributed by atoms with van der Waals surface area (Å²) in [5.41, 5.74) is 1.85. The van der Waals surface area contributed by atoms with Crippen molar-refractivity contribution < 1.29 is 9.59 Å². The third-order valence-electron chi connectivity index (χ3n) is 2.54. The van der Waals surface area contributed by atoms with Gasteiger partial charge in [-0.1, -0.05) is 18.2 Å². The van der Waals surface area contributed by atoms with E-state index in [0.29, 0.717) is 11.1 Å². The average molecular weight is 240 g/mol. The summed E-state index contributed by atoms with van der Waals surface area (Å²) >= 11 is 0. The smallest absolute Gasteiger partial charge is 0.259 e. The van der Waals surface area contributed by atoms with E-state index >= 15 is 0 Å². The van der Waals surface area contributed by atoms with Crippen LogP contribution in [0, 0.1) is 6.92 Å². The average Bonchev–Trinajstić information content (AvgIpc) is 2.69. The van der Waals surface area contributed by atoms with Gasteiger partial charge in [0.1, 0.15) is 0 Å². The van der Waals surface area contributed by atoms with E-state index in [4.69, 9.17) is 0 Å². The molecule has 0 fully saturated rings. The van der Waals surface area contributed by atoms with Crippen molar-refractivity contribution >= 4 is 11.8 Å². The molecule has 2 amide bonds. The maximum absolute atomic E-state index is 11.2. The number of aryl methyl sites for hydroxylation is 1. The first-order valence-corrected chi connectivity index (χ1v) is 5.50. The number of fused-ring (bicyclic) bond motifs is 1. The van der Waals surface area contributed by atoms with Crippen LogP contribution in [0.3, 0.4) is 0 Å². The lowest BCUT2D eigenvalue weighted by atomic mass is 10.0. The van der Waals surface area contributed by atoms with Gasteiger partial charge in [-0.15, -0.1) is 0 Å². The molecule has 0 radical (unpaired) electrons. The summed E-state index contributed by atoms with van der Waals surface area (Å²) in [4.78, 5) is 26.0. The van der Waals surface area contributed by atoms with Crippen molar-refractivity contribution in [3.05, 3.63) is 65.5 Å². The van der Waals surface area contributed by atoms with E-state index < -0.39 is 0 Å². The van der Waals surface area contributed by atoms with E-state index in [9.17, 15) is 9.59 Å². The highest BCUT2D eigenvalue weighted by molar-refractivity contribution is 6.22. The summed E-state index contributed by atoms with van der Waals surface area (Å²) in [6, 6.07) is 11.0. The van der Waals surface area contributed by atoms with E-state index in [1.807, 2.05) is 31.2 Å². The molecule has 1 aliphatic rings. The number of pyridine rings is 1. The molecule has 0 unspecified atom stereocenters. The van der Waals surface area contributed by atoms with Gasteiger partial charge in [-0.05, 0) is 30.7 Å². The zero-order valence-corrected chi connectivity index (χ0v) is 9.88. The Morgan fingerprint density at radius 2 is 1.67 bits per heavy atom. The van der Waals surface area contributed by atoms with Gasteiger partial charge in [-0.3, -0.25) is 19.9 Å². The van der Waals surface area contributed by atoms with Crippen LogP contribution in [0.15, 0.2) is 48.8 Å². The van der Waals surface area contributed by atoms with Gasteiger partial charge in [0.2, 0.25) is 0 Å². The molecule has 1 N–H and O–H groups in total. The number of amides is 2. The Morgan fingerprint density at radius 1 is 0.944 bits per heavy atom. The number of hydrogen-bond acceptors (Lipinski definition) is 3. The monoisotopic (exact) mass is 240 g/mol. The first kappa shape index (κ1) is 12.0. The first-order valence-electron chi connectivity index (χ1n) is 5.50. The second-order valence-corrected chi connectivity index (χ2v) is 3.81. The quantitative estimate of drug-likeness (QED) is 0.716. The second kappa shape index (κ2) is 5.23. The summed E-state index contributed by atoms with van der Waals surface area (Å²) in [5.74, 6) is -0.577. The van der Waals surface area contributed by atoms with Crippen LogP contribution in [-0.2, 0) is 0 Å². The summed E-state index contributed by atoms with van der Waals surface area (Å²) in [7, 11) is 0. The van der Waals surface area contributed by atoms with Crippen molar-refractivity contribution in [2.45, 2.75) is 6.92 Å². The van der Waals surface area contributed by atoms with Crippen molar-refractivity contribution in [1.82, 2.24) is 10.3 Å². The Hall–Kier alpha value is -2.49. The van der Waals surface area contributed by atoms with E-state index in [1.54, 1.807) is 24.5 Å².